The standard InChI is InChI=1S/C18H13Cl2N5O2/c1-11-17(22-18(26)25-23-11)24-21-9-12-4-2-5-13(8-12)27-10-14-15(19)6-3-7-16(14)20/h2-9H,1,10H2,(H,22,24,26)/b21-9+. The van der Waals surface area contributed by atoms with Gasteiger partial charge in [-0.1, -0.05) is 53.1 Å². The molecule has 136 valence electrons. The summed E-state index contributed by atoms with van der Waals surface area (Å²) in [6, 6.07) is 11.9. The van der Waals surface area contributed by atoms with Crippen LogP contribution in [-0.2, 0) is 6.61 Å². The largest absolute Gasteiger partial charge is 0.489 e. The molecule has 2 amide bonds. The molecule has 0 fully saturated rings. The molecule has 0 radical (unpaired) electrons. The van der Waals surface area contributed by atoms with Crippen molar-refractivity contribution in [2.75, 3.05) is 0 Å². The van der Waals surface area contributed by atoms with Gasteiger partial charge in [0.15, 0.2) is 5.84 Å². The second kappa shape index (κ2) is 8.57. The molecule has 0 atom stereocenters. The number of ether oxygens (including phenoxy) is 1. The third-order valence-corrected chi connectivity index (χ3v) is 4.14. The topological polar surface area (TPSA) is 87.8 Å². The maximum absolute atomic E-state index is 11.2. The van der Waals surface area contributed by atoms with Crippen LogP contribution in [0.2, 0.25) is 10.0 Å². The van der Waals surface area contributed by atoms with E-state index in [2.05, 4.69) is 32.3 Å². The average molecular weight is 402 g/mol. The van der Waals surface area contributed by atoms with Gasteiger partial charge in [-0.05, 0) is 29.8 Å². The number of nitrogens with one attached hydrogen (secondary N) is 1. The lowest BCUT2D eigenvalue weighted by atomic mass is 10.2. The minimum Gasteiger partial charge on any atom is -0.489 e. The number of benzene rings is 2. The number of hydrogen-bond donors (Lipinski definition) is 1. The van der Waals surface area contributed by atoms with E-state index in [4.69, 9.17) is 27.9 Å². The summed E-state index contributed by atoms with van der Waals surface area (Å²) in [6.45, 7) is 3.85. The highest BCUT2D eigenvalue weighted by atomic mass is 35.5. The highest BCUT2D eigenvalue weighted by Crippen LogP contribution is 2.26. The first kappa shape index (κ1) is 18.8. The van der Waals surface area contributed by atoms with Crippen LogP contribution >= 0.6 is 23.2 Å². The Bertz CT molecular complexity index is 965. The molecule has 27 heavy (non-hydrogen) atoms. The minimum atomic E-state index is -0.620. The maximum Gasteiger partial charge on any atom is 0.365 e. The fourth-order valence-corrected chi connectivity index (χ4v) is 2.60. The van der Waals surface area contributed by atoms with Crippen molar-refractivity contribution in [3.05, 3.63) is 75.9 Å². The Labute approximate surface area is 165 Å². The summed E-state index contributed by atoms with van der Waals surface area (Å²) in [6.07, 6.45) is 1.51. The molecule has 0 bridgehead atoms. The number of nitrogens with zero attached hydrogens (tertiary/aromatic N) is 4. The zero-order valence-electron chi connectivity index (χ0n) is 13.9. The van der Waals surface area contributed by atoms with E-state index in [9.17, 15) is 4.79 Å². The number of urea groups is 1. The Hall–Kier alpha value is -3.03. The van der Waals surface area contributed by atoms with Crippen molar-refractivity contribution in [1.29, 1.82) is 0 Å². The molecule has 0 saturated carbocycles. The summed E-state index contributed by atoms with van der Waals surface area (Å²) in [4.78, 5) is 11.2. The molecule has 2 aromatic carbocycles. The minimum absolute atomic E-state index is 0.145. The number of amides is 2. The van der Waals surface area contributed by atoms with Gasteiger partial charge in [-0.3, -0.25) is 5.32 Å². The predicted octanol–water partition coefficient (Wildman–Crippen LogP) is 4.99. The number of carbonyl (C=O) groups is 1. The lowest BCUT2D eigenvalue weighted by molar-refractivity contribution is 0.251. The van der Waals surface area contributed by atoms with Crippen molar-refractivity contribution in [3.8, 4) is 5.75 Å². The van der Waals surface area contributed by atoms with Crippen molar-refractivity contribution >= 4 is 41.3 Å². The monoisotopic (exact) mass is 401 g/mol. The first-order valence-electron chi connectivity index (χ1n) is 7.72. The summed E-state index contributed by atoms with van der Waals surface area (Å²) >= 11 is 12.3. The van der Waals surface area contributed by atoms with Crippen LogP contribution in [-0.4, -0.2) is 18.1 Å². The number of halogens is 2. The van der Waals surface area contributed by atoms with Gasteiger partial charge < -0.3 is 4.74 Å². The summed E-state index contributed by atoms with van der Waals surface area (Å²) in [5.41, 5.74) is 1.68. The number of azo groups is 1. The number of carbonyl (C=O) groups excluding carboxylic acids is 1. The molecular formula is C18H13Cl2N5O2. The van der Waals surface area contributed by atoms with Gasteiger partial charge in [-0.15, -0.1) is 10.2 Å². The molecule has 0 aliphatic carbocycles. The number of rotatable bonds is 5. The maximum atomic E-state index is 11.2. The molecule has 2 aromatic rings. The van der Waals surface area contributed by atoms with Crippen molar-refractivity contribution in [1.82, 2.24) is 5.32 Å². The lowest BCUT2D eigenvalue weighted by Gasteiger charge is -2.09. The molecule has 0 aromatic heterocycles. The van der Waals surface area contributed by atoms with Crippen molar-refractivity contribution in [2.24, 2.45) is 20.4 Å². The van der Waals surface area contributed by atoms with Gasteiger partial charge >= 0.3 is 6.03 Å². The van der Waals surface area contributed by atoms with E-state index in [-0.39, 0.29) is 18.1 Å². The Balaban J connectivity index is 1.68. The normalized spacial score (nSPS) is 15.4. The second-order valence-electron chi connectivity index (χ2n) is 5.33. The summed E-state index contributed by atoms with van der Waals surface area (Å²) in [7, 11) is 0. The summed E-state index contributed by atoms with van der Waals surface area (Å²) < 4.78 is 5.76. The van der Waals surface area contributed by atoms with E-state index in [0.29, 0.717) is 21.4 Å². The van der Waals surface area contributed by atoms with Gasteiger partial charge in [0.05, 0.1) is 6.21 Å². The van der Waals surface area contributed by atoms with E-state index in [1.807, 2.05) is 12.1 Å². The zero-order valence-corrected chi connectivity index (χ0v) is 15.4. The molecule has 0 saturated heterocycles. The van der Waals surface area contributed by atoms with Gasteiger partial charge in [-0.25, -0.2) is 4.79 Å². The lowest BCUT2D eigenvalue weighted by Crippen LogP contribution is -2.31. The number of amidine groups is 1. The molecule has 1 N–H and O–H groups in total. The third-order valence-electron chi connectivity index (χ3n) is 3.43. The van der Waals surface area contributed by atoms with Crippen LogP contribution in [0, 0.1) is 0 Å². The van der Waals surface area contributed by atoms with Crippen LogP contribution in [0.15, 0.2) is 75.2 Å². The molecule has 9 heteroatoms. The van der Waals surface area contributed by atoms with Crippen LogP contribution in [0.1, 0.15) is 11.1 Å². The van der Waals surface area contributed by atoms with Gasteiger partial charge in [0, 0.05) is 15.6 Å². The first-order chi connectivity index (χ1) is 13.0. The van der Waals surface area contributed by atoms with Crippen LogP contribution < -0.4 is 10.1 Å². The van der Waals surface area contributed by atoms with Gasteiger partial charge in [0.1, 0.15) is 18.1 Å². The van der Waals surface area contributed by atoms with Gasteiger partial charge in [0.25, 0.3) is 0 Å². The van der Waals surface area contributed by atoms with E-state index < -0.39 is 6.03 Å². The molecule has 7 nitrogen and oxygen atoms in total. The Kier molecular flexibility index (Phi) is 5.95. The molecular weight excluding hydrogens is 389 g/mol. The van der Waals surface area contributed by atoms with Crippen molar-refractivity contribution in [3.63, 3.8) is 0 Å². The van der Waals surface area contributed by atoms with E-state index in [1.165, 1.54) is 6.21 Å². The molecule has 1 aliphatic heterocycles. The molecule has 1 aliphatic rings. The summed E-state index contributed by atoms with van der Waals surface area (Å²) in [5, 5.41) is 18.2. The van der Waals surface area contributed by atoms with E-state index in [1.54, 1.807) is 30.3 Å². The van der Waals surface area contributed by atoms with Crippen LogP contribution in [0.4, 0.5) is 4.79 Å². The first-order valence-corrected chi connectivity index (χ1v) is 8.47. The fourth-order valence-electron chi connectivity index (χ4n) is 2.10. The SMILES string of the molecule is C=C1N=NC(=O)N/C1=N/N=C/c1cccc(OCc2c(Cl)cccc2Cl)c1. The van der Waals surface area contributed by atoms with E-state index >= 15 is 0 Å². The Morgan fingerprint density at radius 1 is 1.15 bits per heavy atom. The molecule has 0 spiro atoms. The Morgan fingerprint density at radius 3 is 2.67 bits per heavy atom. The highest BCUT2D eigenvalue weighted by molar-refractivity contribution is 6.35. The van der Waals surface area contributed by atoms with Gasteiger partial charge in [-0.2, -0.15) is 5.10 Å². The van der Waals surface area contributed by atoms with Crippen LogP contribution in [0.25, 0.3) is 0 Å². The smallest absolute Gasteiger partial charge is 0.365 e. The molecule has 0 unspecified atom stereocenters. The quantitative estimate of drug-likeness (QED) is 0.564. The highest BCUT2D eigenvalue weighted by Gasteiger charge is 2.14. The van der Waals surface area contributed by atoms with Crippen LogP contribution in [0.3, 0.4) is 0 Å². The number of hydrogen-bond acceptors (Lipinski definition) is 5. The Morgan fingerprint density at radius 2 is 1.89 bits per heavy atom. The van der Waals surface area contributed by atoms with E-state index in [0.717, 1.165) is 5.56 Å². The average Bonchev–Trinajstić information content (AvgIpc) is 2.64. The molecule has 3 rings (SSSR count). The zero-order chi connectivity index (χ0) is 19.2. The second-order valence-corrected chi connectivity index (χ2v) is 6.15. The van der Waals surface area contributed by atoms with Gasteiger partial charge in [0.2, 0.25) is 0 Å². The van der Waals surface area contributed by atoms with Crippen molar-refractivity contribution in [2.45, 2.75) is 6.61 Å². The predicted molar refractivity (Wildman–Crippen MR) is 105 cm³/mol. The molecule has 1 heterocycles. The third kappa shape index (κ3) is 4.99. The fraction of sp³-hybridized carbons (Fsp3) is 0.0556. The summed E-state index contributed by atoms with van der Waals surface area (Å²) in [5.74, 6) is 0.763. The van der Waals surface area contributed by atoms with Crippen LogP contribution in [0.5, 0.6) is 5.75 Å². The van der Waals surface area contributed by atoms with Crippen molar-refractivity contribution < 1.29 is 9.53 Å².